The van der Waals surface area contributed by atoms with Crippen LogP contribution in [-0.4, -0.2) is 58.0 Å². The third-order valence-corrected chi connectivity index (χ3v) is 7.05. The SMILES string of the molecule is COc1ccc(CN2CC3(CCC2=O)CCN(C(=O)c2cnn4ccccc24)CC3)cc1. The van der Waals surface area contributed by atoms with Crippen LogP contribution in [0.4, 0.5) is 0 Å². The summed E-state index contributed by atoms with van der Waals surface area (Å²) in [6.07, 6.45) is 6.85. The molecule has 2 aliphatic heterocycles. The normalized spacial score (nSPS) is 18.3. The zero-order valence-corrected chi connectivity index (χ0v) is 18.4. The molecule has 2 fully saturated rings. The summed E-state index contributed by atoms with van der Waals surface area (Å²) in [6.45, 7) is 2.81. The molecule has 0 bridgehead atoms. The Kier molecular flexibility index (Phi) is 5.33. The van der Waals surface area contributed by atoms with Crippen molar-refractivity contribution in [3.8, 4) is 5.75 Å². The van der Waals surface area contributed by atoms with Gasteiger partial charge in [0.25, 0.3) is 5.91 Å². The number of likely N-dealkylation sites (tertiary alicyclic amines) is 2. The highest BCUT2D eigenvalue weighted by Crippen LogP contribution is 2.41. The van der Waals surface area contributed by atoms with Crippen LogP contribution in [-0.2, 0) is 11.3 Å². The molecule has 7 nitrogen and oxygen atoms in total. The first-order chi connectivity index (χ1) is 15.6. The molecule has 4 heterocycles. The topological polar surface area (TPSA) is 67.2 Å². The number of hydrogen-bond acceptors (Lipinski definition) is 4. The highest BCUT2D eigenvalue weighted by Gasteiger charge is 2.42. The monoisotopic (exact) mass is 432 g/mol. The van der Waals surface area contributed by atoms with Crippen LogP contribution in [0.3, 0.4) is 0 Å². The Balaban J connectivity index is 1.24. The van der Waals surface area contributed by atoms with Crippen LogP contribution in [0.2, 0.25) is 0 Å². The van der Waals surface area contributed by atoms with E-state index in [0.717, 1.165) is 42.6 Å². The fourth-order valence-electron chi connectivity index (χ4n) is 5.06. The molecule has 2 amide bonds. The average Bonchev–Trinajstić information content (AvgIpc) is 3.26. The molecule has 3 aromatic rings. The van der Waals surface area contributed by atoms with Gasteiger partial charge < -0.3 is 14.5 Å². The minimum absolute atomic E-state index is 0.0445. The number of piperidine rings is 2. The molecule has 1 spiro atoms. The van der Waals surface area contributed by atoms with Crippen LogP contribution < -0.4 is 4.74 Å². The van der Waals surface area contributed by atoms with Gasteiger partial charge in [0.05, 0.1) is 24.4 Å². The van der Waals surface area contributed by atoms with Crippen LogP contribution in [0.5, 0.6) is 5.75 Å². The number of carbonyl (C=O) groups is 2. The molecule has 0 aliphatic carbocycles. The molecule has 166 valence electrons. The van der Waals surface area contributed by atoms with Gasteiger partial charge >= 0.3 is 0 Å². The zero-order valence-electron chi connectivity index (χ0n) is 18.4. The number of ether oxygens (including phenoxy) is 1. The summed E-state index contributed by atoms with van der Waals surface area (Å²) in [5.41, 5.74) is 2.70. The summed E-state index contributed by atoms with van der Waals surface area (Å²) in [7, 11) is 1.65. The van der Waals surface area contributed by atoms with Crippen molar-refractivity contribution in [3.63, 3.8) is 0 Å². The van der Waals surface area contributed by atoms with Gasteiger partial charge in [0.2, 0.25) is 5.91 Å². The Morgan fingerprint density at radius 3 is 2.62 bits per heavy atom. The zero-order chi connectivity index (χ0) is 22.1. The first-order valence-electron chi connectivity index (χ1n) is 11.2. The maximum atomic E-state index is 13.2. The first kappa shape index (κ1) is 20.5. The fourth-order valence-corrected chi connectivity index (χ4v) is 5.06. The Bertz CT molecular complexity index is 1130. The van der Waals surface area contributed by atoms with Gasteiger partial charge in [-0.25, -0.2) is 4.52 Å². The number of fused-ring (bicyclic) bond motifs is 1. The van der Waals surface area contributed by atoms with Crippen molar-refractivity contribution in [2.75, 3.05) is 26.7 Å². The van der Waals surface area contributed by atoms with Crippen molar-refractivity contribution in [1.29, 1.82) is 0 Å². The second-order valence-electron chi connectivity index (χ2n) is 8.98. The molecule has 32 heavy (non-hydrogen) atoms. The maximum absolute atomic E-state index is 13.2. The summed E-state index contributed by atoms with van der Waals surface area (Å²) in [5.74, 6) is 1.08. The van der Waals surface area contributed by atoms with Gasteiger partial charge in [0, 0.05) is 38.8 Å². The third-order valence-electron chi connectivity index (χ3n) is 7.05. The van der Waals surface area contributed by atoms with Gasteiger partial charge in [-0.15, -0.1) is 0 Å². The van der Waals surface area contributed by atoms with E-state index in [1.54, 1.807) is 17.8 Å². The lowest BCUT2D eigenvalue weighted by atomic mass is 9.72. The third kappa shape index (κ3) is 3.83. The number of methoxy groups -OCH3 is 1. The van der Waals surface area contributed by atoms with Gasteiger partial charge in [-0.05, 0) is 54.5 Å². The quantitative estimate of drug-likeness (QED) is 0.634. The van der Waals surface area contributed by atoms with E-state index in [1.165, 1.54) is 0 Å². The van der Waals surface area contributed by atoms with Crippen LogP contribution in [0.15, 0.2) is 54.9 Å². The van der Waals surface area contributed by atoms with Crippen molar-refractivity contribution in [2.45, 2.75) is 32.2 Å². The maximum Gasteiger partial charge on any atom is 0.257 e. The average molecular weight is 433 g/mol. The standard InChI is InChI=1S/C25H28N4O3/c1-32-20-7-5-19(6-8-20)17-28-18-25(10-9-23(28)30)11-14-27(15-12-25)24(31)21-16-26-29-13-3-2-4-22(21)29/h2-8,13,16H,9-12,14-15,17-18H2,1H3. The predicted octanol–water partition coefficient (Wildman–Crippen LogP) is 3.39. The molecule has 5 rings (SSSR count). The second kappa shape index (κ2) is 8.30. The van der Waals surface area contributed by atoms with E-state index < -0.39 is 0 Å². The Hall–Kier alpha value is -3.35. The number of carbonyl (C=O) groups excluding carboxylic acids is 2. The molecule has 0 atom stereocenters. The van der Waals surface area contributed by atoms with Gasteiger partial charge in [0.1, 0.15) is 5.75 Å². The summed E-state index contributed by atoms with van der Waals surface area (Å²) in [4.78, 5) is 29.7. The number of rotatable bonds is 4. The summed E-state index contributed by atoms with van der Waals surface area (Å²) >= 11 is 0. The van der Waals surface area contributed by atoms with Crippen LogP contribution in [0.1, 0.15) is 41.6 Å². The Morgan fingerprint density at radius 2 is 1.88 bits per heavy atom. The van der Waals surface area contributed by atoms with Crippen molar-refractivity contribution >= 4 is 17.3 Å². The summed E-state index contributed by atoms with van der Waals surface area (Å²) < 4.78 is 6.97. The van der Waals surface area contributed by atoms with Gasteiger partial charge in [-0.2, -0.15) is 5.10 Å². The molecule has 0 unspecified atom stereocenters. The van der Waals surface area contributed by atoms with Crippen molar-refractivity contribution in [3.05, 3.63) is 66.0 Å². The Labute approximate surface area is 187 Å². The number of amides is 2. The van der Waals surface area contributed by atoms with Crippen LogP contribution >= 0.6 is 0 Å². The van der Waals surface area contributed by atoms with Crippen molar-refractivity contribution < 1.29 is 14.3 Å². The van der Waals surface area contributed by atoms with Crippen molar-refractivity contribution in [1.82, 2.24) is 19.4 Å². The van der Waals surface area contributed by atoms with Gasteiger partial charge in [-0.1, -0.05) is 18.2 Å². The molecular formula is C25H28N4O3. The van der Waals surface area contributed by atoms with Crippen molar-refractivity contribution in [2.24, 2.45) is 5.41 Å². The molecular weight excluding hydrogens is 404 g/mol. The second-order valence-corrected chi connectivity index (χ2v) is 8.98. The van der Waals surface area contributed by atoms with Gasteiger partial charge in [0.15, 0.2) is 0 Å². The fraction of sp³-hybridized carbons (Fsp3) is 0.400. The number of nitrogens with zero attached hydrogens (tertiary/aromatic N) is 4. The molecule has 2 saturated heterocycles. The molecule has 2 aromatic heterocycles. The molecule has 0 N–H and O–H groups in total. The van der Waals surface area contributed by atoms with Gasteiger partial charge in [-0.3, -0.25) is 9.59 Å². The molecule has 1 aromatic carbocycles. The Morgan fingerprint density at radius 1 is 1.09 bits per heavy atom. The number of aromatic nitrogens is 2. The van der Waals surface area contributed by atoms with E-state index in [0.29, 0.717) is 31.6 Å². The van der Waals surface area contributed by atoms with E-state index in [2.05, 4.69) is 5.10 Å². The summed E-state index contributed by atoms with van der Waals surface area (Å²) in [6, 6.07) is 13.7. The number of pyridine rings is 1. The van der Waals surface area contributed by atoms with E-state index in [9.17, 15) is 9.59 Å². The molecule has 7 heteroatoms. The van der Waals surface area contributed by atoms with E-state index in [-0.39, 0.29) is 17.2 Å². The van der Waals surface area contributed by atoms with E-state index >= 15 is 0 Å². The lowest BCUT2D eigenvalue weighted by Gasteiger charge is -2.47. The lowest BCUT2D eigenvalue weighted by Crippen LogP contribution is -2.52. The largest absolute Gasteiger partial charge is 0.497 e. The number of benzene rings is 1. The molecule has 2 aliphatic rings. The predicted molar refractivity (Wildman–Crippen MR) is 120 cm³/mol. The van der Waals surface area contributed by atoms with E-state index in [4.69, 9.17) is 4.74 Å². The van der Waals surface area contributed by atoms with E-state index in [1.807, 2.05) is 58.5 Å². The lowest BCUT2D eigenvalue weighted by molar-refractivity contribution is -0.139. The summed E-state index contributed by atoms with van der Waals surface area (Å²) in [5, 5.41) is 4.30. The smallest absolute Gasteiger partial charge is 0.257 e. The minimum atomic E-state index is 0.0445. The van der Waals surface area contributed by atoms with Crippen LogP contribution in [0.25, 0.3) is 5.52 Å². The highest BCUT2D eigenvalue weighted by molar-refractivity contribution is 6.00. The number of hydrogen-bond donors (Lipinski definition) is 0. The highest BCUT2D eigenvalue weighted by atomic mass is 16.5. The minimum Gasteiger partial charge on any atom is -0.497 e. The first-order valence-corrected chi connectivity index (χ1v) is 11.2. The molecule has 0 radical (unpaired) electrons. The van der Waals surface area contributed by atoms with Crippen LogP contribution in [0, 0.1) is 5.41 Å². The molecule has 0 saturated carbocycles.